The summed E-state index contributed by atoms with van der Waals surface area (Å²) < 4.78 is 0. The zero-order chi connectivity index (χ0) is 15.9. The number of piperazine rings is 1. The van der Waals surface area contributed by atoms with Gasteiger partial charge in [0.2, 0.25) is 5.91 Å². The van der Waals surface area contributed by atoms with Crippen LogP contribution in [0.3, 0.4) is 0 Å². The van der Waals surface area contributed by atoms with Crippen LogP contribution in [0.15, 0.2) is 18.2 Å². The molecule has 1 spiro atoms. The first-order valence-electron chi connectivity index (χ1n) is 7.82. The van der Waals surface area contributed by atoms with Gasteiger partial charge in [0.15, 0.2) is 0 Å². The molecule has 2 aliphatic heterocycles. The largest absolute Gasteiger partial charge is 0.306 e. The summed E-state index contributed by atoms with van der Waals surface area (Å²) in [5, 5.41) is 3.23. The van der Waals surface area contributed by atoms with Crippen molar-refractivity contribution in [3.8, 4) is 0 Å². The van der Waals surface area contributed by atoms with E-state index in [1.807, 2.05) is 32.0 Å². The number of nitrogens with one attached hydrogen (secondary N) is 1. The molecule has 0 bridgehead atoms. The molecule has 118 valence electrons. The molecule has 2 saturated heterocycles. The van der Waals surface area contributed by atoms with Crippen molar-refractivity contribution in [2.45, 2.75) is 32.2 Å². The number of nitrogens with zero attached hydrogens (tertiary/aromatic N) is 2. The lowest BCUT2D eigenvalue weighted by atomic mass is 9.84. The molecule has 1 N–H and O–H groups in total. The number of piperidine rings is 1. The average Bonchev–Trinajstić information content (AvgIpc) is 2.49. The molecule has 2 fully saturated rings. The number of para-hydroxylation sites is 1. The number of hydrogen-bond donors (Lipinski definition) is 1. The summed E-state index contributed by atoms with van der Waals surface area (Å²) in [5.41, 5.74) is 2.10. The molecule has 1 aromatic carbocycles. The van der Waals surface area contributed by atoms with Gasteiger partial charge in [0.05, 0.1) is 12.2 Å². The smallest absolute Gasteiger partial charge is 0.254 e. The Morgan fingerprint density at radius 3 is 2.27 bits per heavy atom. The van der Waals surface area contributed by atoms with Crippen molar-refractivity contribution in [2.24, 2.45) is 0 Å². The number of rotatable bonds is 1. The number of imide groups is 1. The van der Waals surface area contributed by atoms with Gasteiger partial charge in [-0.3, -0.25) is 14.9 Å². The molecule has 22 heavy (non-hydrogen) atoms. The van der Waals surface area contributed by atoms with E-state index in [-0.39, 0.29) is 18.4 Å². The van der Waals surface area contributed by atoms with Crippen molar-refractivity contribution < 1.29 is 9.59 Å². The van der Waals surface area contributed by atoms with Crippen LogP contribution in [0, 0.1) is 13.8 Å². The summed E-state index contributed by atoms with van der Waals surface area (Å²) >= 11 is 0. The predicted molar refractivity (Wildman–Crippen MR) is 85.9 cm³/mol. The van der Waals surface area contributed by atoms with Crippen molar-refractivity contribution in [1.82, 2.24) is 10.2 Å². The number of benzene rings is 1. The van der Waals surface area contributed by atoms with Gasteiger partial charge in [0.1, 0.15) is 5.54 Å². The Labute approximate surface area is 131 Å². The number of amides is 2. The molecule has 2 heterocycles. The summed E-state index contributed by atoms with van der Waals surface area (Å²) in [6, 6.07) is 5.86. The Balaban J connectivity index is 2.00. The molecule has 0 atom stereocenters. The van der Waals surface area contributed by atoms with Crippen LogP contribution in [0.4, 0.5) is 5.69 Å². The molecular weight excluding hydrogens is 278 g/mol. The number of anilines is 1. The summed E-state index contributed by atoms with van der Waals surface area (Å²) in [6.07, 6.45) is 1.49. The summed E-state index contributed by atoms with van der Waals surface area (Å²) in [7, 11) is 2.06. The number of carbonyl (C=O) groups is 2. The van der Waals surface area contributed by atoms with Crippen molar-refractivity contribution in [3.05, 3.63) is 29.3 Å². The van der Waals surface area contributed by atoms with E-state index in [0.29, 0.717) is 0 Å². The minimum Gasteiger partial charge on any atom is -0.306 e. The molecule has 1 aromatic rings. The first-order valence-corrected chi connectivity index (χ1v) is 7.82. The zero-order valence-electron chi connectivity index (χ0n) is 13.5. The highest BCUT2D eigenvalue weighted by Crippen LogP contribution is 2.33. The second-order valence-electron chi connectivity index (χ2n) is 6.51. The van der Waals surface area contributed by atoms with Crippen LogP contribution in [0.2, 0.25) is 0 Å². The molecule has 0 unspecified atom stereocenters. The molecule has 2 amide bonds. The van der Waals surface area contributed by atoms with Gasteiger partial charge < -0.3 is 4.90 Å². The molecule has 3 rings (SSSR count). The summed E-state index contributed by atoms with van der Waals surface area (Å²) in [6.45, 7) is 5.86. The van der Waals surface area contributed by atoms with Gasteiger partial charge in [-0.15, -0.1) is 0 Å². The lowest BCUT2D eigenvalue weighted by molar-refractivity contribution is -0.135. The van der Waals surface area contributed by atoms with Crippen molar-refractivity contribution >= 4 is 17.5 Å². The monoisotopic (exact) mass is 301 g/mol. The molecule has 0 saturated carbocycles. The maximum Gasteiger partial charge on any atom is 0.254 e. The predicted octanol–water partition coefficient (Wildman–Crippen LogP) is 1.23. The third kappa shape index (κ3) is 2.34. The second kappa shape index (κ2) is 5.48. The van der Waals surface area contributed by atoms with Crippen LogP contribution in [0.1, 0.15) is 24.0 Å². The third-order valence-corrected chi connectivity index (χ3v) is 4.94. The Kier molecular flexibility index (Phi) is 3.78. The zero-order valence-corrected chi connectivity index (χ0v) is 13.5. The Morgan fingerprint density at radius 1 is 1.09 bits per heavy atom. The fraction of sp³-hybridized carbons (Fsp3) is 0.529. The highest BCUT2D eigenvalue weighted by molar-refractivity contribution is 6.21. The molecular formula is C17H23N3O2. The van der Waals surface area contributed by atoms with Crippen molar-refractivity contribution in [3.63, 3.8) is 0 Å². The molecule has 0 aliphatic carbocycles. The number of aryl methyl sites for hydroxylation is 2. The van der Waals surface area contributed by atoms with Crippen LogP contribution >= 0.6 is 0 Å². The Bertz CT molecular complexity index is 598. The number of carbonyl (C=O) groups excluding carboxylic acids is 2. The molecule has 2 aliphatic rings. The quantitative estimate of drug-likeness (QED) is 0.793. The lowest BCUT2D eigenvalue weighted by Crippen LogP contribution is -2.69. The highest BCUT2D eigenvalue weighted by Gasteiger charge is 2.49. The van der Waals surface area contributed by atoms with Crippen LogP contribution in [0.25, 0.3) is 0 Å². The maximum atomic E-state index is 13.1. The fourth-order valence-corrected chi connectivity index (χ4v) is 3.50. The van der Waals surface area contributed by atoms with E-state index in [9.17, 15) is 9.59 Å². The van der Waals surface area contributed by atoms with E-state index >= 15 is 0 Å². The molecule has 5 heteroatoms. The van der Waals surface area contributed by atoms with E-state index in [1.165, 1.54) is 4.90 Å². The van der Waals surface area contributed by atoms with Crippen molar-refractivity contribution in [1.29, 1.82) is 0 Å². The standard InChI is InChI=1S/C17H23N3O2/c1-12-5-4-6-13(2)15(12)20-14(21)11-18-17(16(20)22)7-9-19(3)10-8-17/h4-6,18H,7-11H2,1-3H3. The van der Waals surface area contributed by atoms with Gasteiger partial charge >= 0.3 is 0 Å². The average molecular weight is 301 g/mol. The number of hydrogen-bond acceptors (Lipinski definition) is 4. The van der Waals surface area contributed by atoms with Crippen LogP contribution < -0.4 is 10.2 Å². The van der Waals surface area contributed by atoms with Gasteiger partial charge in [0.25, 0.3) is 5.91 Å². The first kappa shape index (κ1) is 15.2. The third-order valence-electron chi connectivity index (χ3n) is 4.94. The van der Waals surface area contributed by atoms with Gasteiger partial charge in [-0.2, -0.15) is 0 Å². The lowest BCUT2D eigenvalue weighted by Gasteiger charge is -2.45. The van der Waals surface area contributed by atoms with E-state index in [4.69, 9.17) is 0 Å². The van der Waals surface area contributed by atoms with Gasteiger partial charge in [0, 0.05) is 13.1 Å². The summed E-state index contributed by atoms with van der Waals surface area (Å²) in [4.78, 5) is 29.2. The van der Waals surface area contributed by atoms with Gasteiger partial charge in [-0.1, -0.05) is 18.2 Å². The summed E-state index contributed by atoms with van der Waals surface area (Å²) in [5.74, 6) is -0.249. The topological polar surface area (TPSA) is 52.7 Å². The Hall–Kier alpha value is -1.72. The maximum absolute atomic E-state index is 13.1. The number of likely N-dealkylation sites (tertiary alicyclic amines) is 1. The molecule has 5 nitrogen and oxygen atoms in total. The first-order chi connectivity index (χ1) is 10.4. The van der Waals surface area contributed by atoms with Crippen LogP contribution in [-0.2, 0) is 9.59 Å². The van der Waals surface area contributed by atoms with Crippen LogP contribution in [0.5, 0.6) is 0 Å². The Morgan fingerprint density at radius 2 is 1.68 bits per heavy atom. The van der Waals surface area contributed by atoms with E-state index in [0.717, 1.165) is 42.7 Å². The van der Waals surface area contributed by atoms with Crippen molar-refractivity contribution in [2.75, 3.05) is 31.6 Å². The molecule has 0 radical (unpaired) electrons. The van der Waals surface area contributed by atoms with Gasteiger partial charge in [-0.25, -0.2) is 4.90 Å². The fourth-order valence-electron chi connectivity index (χ4n) is 3.50. The van der Waals surface area contributed by atoms with E-state index in [2.05, 4.69) is 17.3 Å². The minimum absolute atomic E-state index is 0.0887. The second-order valence-corrected chi connectivity index (χ2v) is 6.51. The van der Waals surface area contributed by atoms with Crippen LogP contribution in [-0.4, -0.2) is 48.9 Å². The SMILES string of the molecule is Cc1cccc(C)c1N1C(=O)CNC2(CCN(C)CC2)C1=O. The minimum atomic E-state index is -0.588. The van der Waals surface area contributed by atoms with Gasteiger partial charge in [-0.05, 0) is 44.9 Å². The van der Waals surface area contributed by atoms with E-state index in [1.54, 1.807) is 0 Å². The normalized spacial score (nSPS) is 22.4. The van der Waals surface area contributed by atoms with E-state index < -0.39 is 5.54 Å². The highest BCUT2D eigenvalue weighted by atomic mass is 16.2. The molecule has 0 aromatic heterocycles.